The number of nitrogens with zero attached hydrogens (tertiary/aromatic N) is 1. The number of hydrogen-bond donors (Lipinski definition) is 3. The molecule has 0 radical (unpaired) electrons. The Morgan fingerprint density at radius 1 is 1.40 bits per heavy atom. The molecule has 1 aliphatic heterocycles. The number of rotatable bonds is 3. The Balaban J connectivity index is 2.55. The summed E-state index contributed by atoms with van der Waals surface area (Å²) in [6.07, 6.45) is -0.347. The lowest BCUT2D eigenvalue weighted by molar-refractivity contribution is 0.187. The quantitative estimate of drug-likeness (QED) is 0.469. The molecule has 0 aromatic carbocycles. The minimum absolute atomic E-state index is 0.347. The molecule has 0 aliphatic carbocycles. The second-order valence-electron chi connectivity index (χ2n) is 3.18. The number of aromatic amines is 2. The third-order valence-electron chi connectivity index (χ3n) is 2.19. The summed E-state index contributed by atoms with van der Waals surface area (Å²) in [7, 11) is 0. The average molecular weight is 215 g/mol. The minimum atomic E-state index is -0.866. The summed E-state index contributed by atoms with van der Waals surface area (Å²) in [5, 5.41) is 9.02. The van der Waals surface area contributed by atoms with Gasteiger partial charge in [0.15, 0.2) is 0 Å². The summed E-state index contributed by atoms with van der Waals surface area (Å²) in [6.45, 7) is -0.0179. The molecule has 0 spiro atoms. The van der Waals surface area contributed by atoms with E-state index in [1.807, 2.05) is 9.97 Å². The number of hydrogen-bond acceptors (Lipinski definition) is 5. The van der Waals surface area contributed by atoms with E-state index in [1.54, 1.807) is 0 Å². The van der Waals surface area contributed by atoms with Crippen LogP contribution in [0.3, 0.4) is 0 Å². The van der Waals surface area contributed by atoms with Crippen LogP contribution >= 0.6 is 0 Å². The third kappa shape index (κ3) is 1.76. The van der Waals surface area contributed by atoms with Crippen molar-refractivity contribution in [2.24, 2.45) is 0 Å². The van der Waals surface area contributed by atoms with Gasteiger partial charge in [0.1, 0.15) is 6.10 Å². The zero-order valence-electron chi connectivity index (χ0n) is 7.60. The van der Waals surface area contributed by atoms with Crippen molar-refractivity contribution in [2.45, 2.75) is 12.1 Å². The predicted molar refractivity (Wildman–Crippen MR) is 47.8 cm³/mol. The van der Waals surface area contributed by atoms with Gasteiger partial charge in [-0.2, -0.15) is 0 Å². The highest BCUT2D eigenvalue weighted by Crippen LogP contribution is 2.21. The van der Waals surface area contributed by atoms with Crippen LogP contribution in [0, 0.1) is 0 Å². The maximum absolute atomic E-state index is 11.3. The van der Waals surface area contributed by atoms with Gasteiger partial charge >= 0.3 is 17.1 Å². The standard InChI is InChI=1S/C7H9N3O5/c11-1-3(4-2-15-4)10-6(13)8-5(12)9-7(10)14/h3-4,11H,1-2H2,(H2,8,9,12,13,14). The Labute approximate surface area is 82.1 Å². The lowest BCUT2D eigenvalue weighted by Crippen LogP contribution is -2.47. The fraction of sp³-hybridized carbons (Fsp3) is 0.571. The van der Waals surface area contributed by atoms with Crippen LogP contribution in [0.5, 0.6) is 0 Å². The molecule has 8 nitrogen and oxygen atoms in total. The van der Waals surface area contributed by atoms with Gasteiger partial charge in [0.2, 0.25) is 0 Å². The minimum Gasteiger partial charge on any atom is -0.394 e. The fourth-order valence-corrected chi connectivity index (χ4v) is 1.38. The van der Waals surface area contributed by atoms with E-state index in [0.29, 0.717) is 6.61 Å². The summed E-state index contributed by atoms with van der Waals surface area (Å²) in [4.78, 5) is 37.2. The van der Waals surface area contributed by atoms with Gasteiger partial charge in [-0.25, -0.2) is 19.0 Å². The van der Waals surface area contributed by atoms with E-state index in [9.17, 15) is 14.4 Å². The molecule has 1 aromatic rings. The highest BCUT2D eigenvalue weighted by atomic mass is 16.6. The van der Waals surface area contributed by atoms with Crippen LogP contribution in [0.15, 0.2) is 14.4 Å². The van der Waals surface area contributed by atoms with Crippen LogP contribution in [-0.2, 0) is 4.74 Å². The molecule has 2 atom stereocenters. The maximum Gasteiger partial charge on any atom is 0.334 e. The van der Waals surface area contributed by atoms with Crippen molar-refractivity contribution in [3.8, 4) is 0 Å². The number of epoxide rings is 1. The van der Waals surface area contributed by atoms with Crippen LogP contribution < -0.4 is 17.1 Å². The van der Waals surface area contributed by atoms with E-state index < -0.39 is 29.7 Å². The molecule has 1 aliphatic rings. The lowest BCUT2D eigenvalue weighted by atomic mass is 10.2. The van der Waals surface area contributed by atoms with Crippen LogP contribution in [0.4, 0.5) is 0 Å². The summed E-state index contributed by atoms with van der Waals surface area (Å²) in [5.41, 5.74) is -2.56. The van der Waals surface area contributed by atoms with Crippen molar-refractivity contribution in [1.29, 1.82) is 0 Å². The molecule has 0 amide bonds. The molecule has 2 unspecified atom stereocenters. The molecule has 1 fully saturated rings. The summed E-state index contributed by atoms with van der Waals surface area (Å²) in [5.74, 6) is 0. The Hall–Kier alpha value is -1.67. The van der Waals surface area contributed by atoms with E-state index in [2.05, 4.69) is 0 Å². The molecule has 8 heteroatoms. The molecule has 2 heterocycles. The first-order valence-electron chi connectivity index (χ1n) is 4.31. The first-order valence-corrected chi connectivity index (χ1v) is 4.31. The Morgan fingerprint density at radius 3 is 2.33 bits per heavy atom. The van der Waals surface area contributed by atoms with Crippen LogP contribution in [0.1, 0.15) is 6.04 Å². The molecular weight excluding hydrogens is 206 g/mol. The molecule has 1 aromatic heterocycles. The molecular formula is C7H9N3O5. The van der Waals surface area contributed by atoms with Crippen molar-refractivity contribution < 1.29 is 9.84 Å². The monoisotopic (exact) mass is 215 g/mol. The van der Waals surface area contributed by atoms with Crippen LogP contribution in [0.25, 0.3) is 0 Å². The first kappa shape index (κ1) is 9.87. The molecule has 2 rings (SSSR count). The summed E-state index contributed by atoms with van der Waals surface area (Å²) in [6, 6.07) is -0.752. The summed E-state index contributed by atoms with van der Waals surface area (Å²) < 4.78 is 5.64. The number of aliphatic hydroxyl groups is 1. The van der Waals surface area contributed by atoms with Gasteiger partial charge < -0.3 is 9.84 Å². The van der Waals surface area contributed by atoms with Crippen molar-refractivity contribution in [3.05, 3.63) is 31.5 Å². The zero-order valence-corrected chi connectivity index (χ0v) is 7.60. The number of aliphatic hydroxyl groups excluding tert-OH is 1. The third-order valence-corrected chi connectivity index (χ3v) is 2.19. The molecule has 0 saturated carbocycles. The van der Waals surface area contributed by atoms with E-state index in [1.165, 1.54) is 0 Å². The molecule has 1 saturated heterocycles. The number of H-pyrrole nitrogens is 2. The van der Waals surface area contributed by atoms with E-state index >= 15 is 0 Å². The average Bonchev–Trinajstić information content (AvgIpc) is 2.94. The normalized spacial score (nSPS) is 21.3. The van der Waals surface area contributed by atoms with Crippen molar-refractivity contribution in [2.75, 3.05) is 13.2 Å². The fourth-order valence-electron chi connectivity index (χ4n) is 1.38. The predicted octanol–water partition coefficient (Wildman–Crippen LogP) is -2.84. The Bertz CT molecular complexity index is 488. The molecule has 3 N–H and O–H groups in total. The highest BCUT2D eigenvalue weighted by molar-refractivity contribution is 4.86. The smallest absolute Gasteiger partial charge is 0.334 e. The second-order valence-corrected chi connectivity index (χ2v) is 3.18. The van der Waals surface area contributed by atoms with Gasteiger partial charge in [-0.3, -0.25) is 9.97 Å². The Kier molecular flexibility index (Phi) is 2.29. The molecule has 82 valence electrons. The largest absolute Gasteiger partial charge is 0.394 e. The highest BCUT2D eigenvalue weighted by Gasteiger charge is 2.35. The van der Waals surface area contributed by atoms with Crippen LogP contribution in [-0.4, -0.2) is 39.0 Å². The van der Waals surface area contributed by atoms with Crippen molar-refractivity contribution in [1.82, 2.24) is 14.5 Å². The number of ether oxygens (including phenoxy) is 1. The van der Waals surface area contributed by atoms with Crippen molar-refractivity contribution in [3.63, 3.8) is 0 Å². The van der Waals surface area contributed by atoms with Gasteiger partial charge in [-0.1, -0.05) is 0 Å². The first-order chi connectivity index (χ1) is 7.13. The van der Waals surface area contributed by atoms with Gasteiger partial charge in [-0.15, -0.1) is 0 Å². The molecule has 0 bridgehead atoms. The van der Waals surface area contributed by atoms with Gasteiger partial charge in [0, 0.05) is 0 Å². The van der Waals surface area contributed by atoms with Crippen LogP contribution in [0.2, 0.25) is 0 Å². The maximum atomic E-state index is 11.3. The summed E-state index contributed by atoms with van der Waals surface area (Å²) >= 11 is 0. The van der Waals surface area contributed by atoms with E-state index in [4.69, 9.17) is 9.84 Å². The van der Waals surface area contributed by atoms with Crippen molar-refractivity contribution >= 4 is 0 Å². The van der Waals surface area contributed by atoms with E-state index in [-0.39, 0.29) is 6.10 Å². The Morgan fingerprint density at radius 2 is 1.93 bits per heavy atom. The molecule has 15 heavy (non-hydrogen) atoms. The van der Waals surface area contributed by atoms with Gasteiger partial charge in [0.25, 0.3) is 0 Å². The number of nitrogens with one attached hydrogen (secondary N) is 2. The van der Waals surface area contributed by atoms with E-state index in [0.717, 1.165) is 4.57 Å². The van der Waals surface area contributed by atoms with Gasteiger partial charge in [0.05, 0.1) is 19.3 Å². The SMILES string of the molecule is O=c1[nH]c(=O)n(C(CO)C2CO2)c(=O)[nH]1. The zero-order chi connectivity index (χ0) is 11.0. The second kappa shape index (κ2) is 3.48. The van der Waals surface area contributed by atoms with Gasteiger partial charge in [-0.05, 0) is 0 Å². The topological polar surface area (TPSA) is 120 Å². The lowest BCUT2D eigenvalue weighted by Gasteiger charge is -2.11. The number of aromatic nitrogens is 3.